The Kier molecular flexibility index (Phi) is 17.7. The fraction of sp³-hybridized carbons (Fsp3) is 0.426. The fourth-order valence-electron chi connectivity index (χ4n) is 10.8. The van der Waals surface area contributed by atoms with Crippen LogP contribution in [0.1, 0.15) is 84.5 Å². The minimum absolute atomic E-state index is 0.0227. The van der Waals surface area contributed by atoms with Gasteiger partial charge in [-0.15, -0.1) is 0 Å². The number of rotatable bonds is 16. The number of piperazine rings is 2. The number of nitrogens with zero attached hydrogens (tertiary/aromatic N) is 8. The molecule has 0 aliphatic carbocycles. The first kappa shape index (κ1) is 55.4. The van der Waals surface area contributed by atoms with Crippen LogP contribution in [0, 0.1) is 18.7 Å². The summed E-state index contributed by atoms with van der Waals surface area (Å²) in [6.45, 7) is 18.0. The number of H-pyrrole nitrogens is 1. The Morgan fingerprint density at radius 3 is 2.18 bits per heavy atom. The molecule has 0 spiro atoms. The number of hydrogen-bond donors (Lipinski definition) is 2. The number of carbonyl (C=O) groups excluding carboxylic acids is 4. The van der Waals surface area contributed by atoms with Gasteiger partial charge >= 0.3 is 6.09 Å². The highest BCUT2D eigenvalue weighted by molar-refractivity contribution is 5.96. The van der Waals surface area contributed by atoms with Crippen LogP contribution in [-0.4, -0.2) is 159 Å². The first-order chi connectivity index (χ1) is 37.5. The lowest BCUT2D eigenvalue weighted by atomic mass is 9.95. The van der Waals surface area contributed by atoms with Gasteiger partial charge in [-0.1, -0.05) is 85.3 Å². The van der Waals surface area contributed by atoms with E-state index in [4.69, 9.17) is 9.72 Å². The number of nitrogens with one attached hydrogen (secondary N) is 2. The number of anilines is 1. The molecule has 78 heavy (non-hydrogen) atoms. The molecule has 9 rings (SSSR count). The summed E-state index contributed by atoms with van der Waals surface area (Å²) in [5, 5.41) is 11.2. The molecule has 17 heteroatoms. The number of benzene rings is 4. The van der Waals surface area contributed by atoms with Crippen LogP contribution < -0.4 is 10.9 Å². The van der Waals surface area contributed by atoms with Crippen molar-refractivity contribution < 1.29 is 28.3 Å². The Balaban J connectivity index is 0.740. The second-order valence-corrected chi connectivity index (χ2v) is 22.2. The summed E-state index contributed by atoms with van der Waals surface area (Å²) in [6.07, 6.45) is 4.60. The van der Waals surface area contributed by atoms with E-state index >= 15 is 4.39 Å². The Morgan fingerprint density at radius 1 is 0.744 bits per heavy atom. The maximum absolute atomic E-state index is 15.2. The van der Waals surface area contributed by atoms with Crippen LogP contribution in [0.15, 0.2) is 108 Å². The lowest BCUT2D eigenvalue weighted by Gasteiger charge is -2.40. The molecule has 0 atom stereocenters. The second kappa shape index (κ2) is 25.0. The number of hydrogen-bond acceptors (Lipinski definition) is 11. The third-order valence-corrected chi connectivity index (χ3v) is 15.1. The highest BCUT2D eigenvalue weighted by atomic mass is 19.1. The van der Waals surface area contributed by atoms with Gasteiger partial charge in [0.2, 0.25) is 11.8 Å². The predicted molar refractivity (Wildman–Crippen MR) is 300 cm³/mol. The van der Waals surface area contributed by atoms with Crippen molar-refractivity contribution in [1.82, 2.24) is 44.6 Å². The molecule has 4 aromatic carbocycles. The number of piperidine rings is 1. The van der Waals surface area contributed by atoms with E-state index in [1.165, 1.54) is 16.5 Å². The van der Waals surface area contributed by atoms with Gasteiger partial charge in [0.1, 0.15) is 18.0 Å². The maximum Gasteiger partial charge on any atom is 0.411 e. The number of amides is 4. The van der Waals surface area contributed by atoms with Crippen molar-refractivity contribution >= 4 is 40.3 Å². The van der Waals surface area contributed by atoms with E-state index in [0.29, 0.717) is 79.3 Å². The van der Waals surface area contributed by atoms with Crippen molar-refractivity contribution in [1.29, 1.82) is 0 Å². The summed E-state index contributed by atoms with van der Waals surface area (Å²) in [4.78, 5) is 84.0. The van der Waals surface area contributed by atoms with Crippen LogP contribution in [0.5, 0.6) is 0 Å². The molecule has 6 aromatic rings. The molecule has 16 nitrogen and oxygen atoms in total. The van der Waals surface area contributed by atoms with Crippen molar-refractivity contribution in [3.05, 3.63) is 159 Å². The summed E-state index contributed by atoms with van der Waals surface area (Å²) in [7, 11) is 0. The van der Waals surface area contributed by atoms with E-state index in [-0.39, 0.29) is 36.0 Å². The van der Waals surface area contributed by atoms with Gasteiger partial charge in [-0.2, -0.15) is 5.10 Å². The number of fused-ring (bicyclic) bond motifs is 1. The predicted octanol–water partition coefficient (Wildman–Crippen LogP) is 7.78. The average molecular weight is 1060 g/mol. The molecular formula is C61H73FN10O6. The van der Waals surface area contributed by atoms with Gasteiger partial charge in [0.15, 0.2) is 0 Å². The summed E-state index contributed by atoms with van der Waals surface area (Å²) in [5.74, 6) is -0.784. The third-order valence-electron chi connectivity index (χ3n) is 15.1. The number of aromatic nitrogens is 3. The van der Waals surface area contributed by atoms with E-state index in [1.807, 2.05) is 87.3 Å². The number of pyridine rings is 1. The molecule has 3 saturated heterocycles. The number of likely N-dealkylation sites (tertiary alicyclic amines) is 1. The van der Waals surface area contributed by atoms with Gasteiger partial charge in [0.05, 0.1) is 34.6 Å². The molecule has 0 bridgehead atoms. The lowest BCUT2D eigenvalue weighted by Crippen LogP contribution is -2.55. The summed E-state index contributed by atoms with van der Waals surface area (Å²) < 4.78 is 20.9. The van der Waals surface area contributed by atoms with Crippen LogP contribution in [0.4, 0.5) is 14.9 Å². The minimum Gasteiger partial charge on any atom is -0.444 e. The zero-order valence-electron chi connectivity index (χ0n) is 45.7. The number of aromatic amines is 1. The molecular weight excluding hydrogens is 988 g/mol. The molecule has 0 saturated carbocycles. The molecule has 5 heterocycles. The van der Waals surface area contributed by atoms with Crippen molar-refractivity contribution in [3.63, 3.8) is 0 Å². The zero-order valence-corrected chi connectivity index (χ0v) is 45.7. The van der Waals surface area contributed by atoms with Crippen molar-refractivity contribution in [2.24, 2.45) is 5.92 Å². The Labute approximate surface area is 456 Å². The molecule has 4 amide bonds. The second-order valence-electron chi connectivity index (χ2n) is 22.2. The van der Waals surface area contributed by atoms with Gasteiger partial charge in [-0.05, 0) is 112 Å². The van der Waals surface area contributed by atoms with Gasteiger partial charge in [0.25, 0.3) is 11.5 Å². The minimum atomic E-state index is -0.735. The summed E-state index contributed by atoms with van der Waals surface area (Å²) in [6, 6.07) is 29.9. The highest BCUT2D eigenvalue weighted by Gasteiger charge is 2.31. The molecule has 0 unspecified atom stereocenters. The number of carbonyl (C=O) groups is 4. The Morgan fingerprint density at radius 2 is 1.45 bits per heavy atom. The van der Waals surface area contributed by atoms with Crippen LogP contribution in [0.3, 0.4) is 0 Å². The van der Waals surface area contributed by atoms with E-state index in [9.17, 15) is 24.0 Å². The van der Waals surface area contributed by atoms with Gasteiger partial charge in [-0.25, -0.2) is 14.3 Å². The topological polar surface area (TPSA) is 168 Å². The largest absolute Gasteiger partial charge is 0.444 e. The smallest absolute Gasteiger partial charge is 0.411 e. The van der Waals surface area contributed by atoms with Gasteiger partial charge < -0.3 is 24.8 Å². The van der Waals surface area contributed by atoms with E-state index in [1.54, 1.807) is 29.2 Å². The van der Waals surface area contributed by atoms with E-state index in [0.717, 1.165) is 93.0 Å². The standard InChI is InChI=1S/C61H73FN10O6/c1-6-43-12-10-14-47(32-43)48-35-54(64-56(73)40-72(60(77)78-61(3,4)5)38-46-13-9-11-42(2)31-46)55(63-36-48)39-67-21-19-44(20-22-67)37-68-23-25-69(26-24-68)41-57(74)70-27-29-71(30-28-70)59(76)51-33-45(17-18-52(51)62)34-53-49-15-7-8-16-50(49)58(75)66-65-53/h7-18,31-33,35-36,44H,6,19-30,34,37-41H2,1-5H3,(H,64,73)(H,66,75). The van der Waals surface area contributed by atoms with E-state index in [2.05, 4.69) is 55.3 Å². The van der Waals surface area contributed by atoms with Crippen molar-refractivity contribution in [3.8, 4) is 11.1 Å². The molecule has 3 aliphatic heterocycles. The average Bonchev–Trinajstić information content (AvgIpc) is 3.53. The summed E-state index contributed by atoms with van der Waals surface area (Å²) in [5.41, 5.74) is 6.76. The highest BCUT2D eigenvalue weighted by Crippen LogP contribution is 2.29. The fourth-order valence-corrected chi connectivity index (χ4v) is 10.8. The van der Waals surface area contributed by atoms with Crippen LogP contribution in [0.2, 0.25) is 0 Å². The first-order valence-corrected chi connectivity index (χ1v) is 27.4. The molecule has 3 aliphatic rings. The molecule has 2 N–H and O–H groups in total. The normalized spacial score (nSPS) is 16.1. The number of halogens is 1. The quantitative estimate of drug-likeness (QED) is 0.0972. The monoisotopic (exact) mass is 1060 g/mol. The SMILES string of the molecule is CCc1cccc(-c2cnc(CN3CCC(CN4CCN(CC(=O)N5CCN(C(=O)c6cc(Cc7n[nH]c(=O)c8ccccc78)ccc6F)CC5)CC4)CC3)c(NC(=O)CN(Cc3cccc(C)c3)C(=O)OC(C)(C)C)c2)c1. The van der Waals surface area contributed by atoms with Crippen LogP contribution in [0.25, 0.3) is 21.9 Å². The van der Waals surface area contributed by atoms with Crippen LogP contribution >= 0.6 is 0 Å². The number of ether oxygens (including phenoxy) is 1. The zero-order chi connectivity index (χ0) is 54.9. The Bertz CT molecular complexity index is 3170. The lowest BCUT2D eigenvalue weighted by molar-refractivity contribution is -0.134. The van der Waals surface area contributed by atoms with Gasteiger partial charge in [-0.3, -0.25) is 38.9 Å². The molecule has 3 fully saturated rings. The summed E-state index contributed by atoms with van der Waals surface area (Å²) >= 11 is 0. The number of aryl methyl sites for hydroxylation is 2. The molecule has 410 valence electrons. The van der Waals surface area contributed by atoms with Crippen molar-refractivity contribution in [2.75, 3.05) is 90.4 Å². The molecule has 0 radical (unpaired) electrons. The Hall–Kier alpha value is -7.34. The van der Waals surface area contributed by atoms with E-state index < -0.39 is 23.4 Å². The first-order valence-electron chi connectivity index (χ1n) is 27.4. The maximum atomic E-state index is 15.2. The third kappa shape index (κ3) is 14.4. The van der Waals surface area contributed by atoms with Crippen molar-refractivity contribution in [2.45, 2.75) is 79.0 Å². The van der Waals surface area contributed by atoms with Gasteiger partial charge in [0, 0.05) is 95.6 Å². The molecule has 2 aromatic heterocycles. The van der Waals surface area contributed by atoms with Crippen LogP contribution in [-0.2, 0) is 40.3 Å².